The van der Waals surface area contributed by atoms with Crippen LogP contribution in [0.4, 0.5) is 8.78 Å². The summed E-state index contributed by atoms with van der Waals surface area (Å²) in [7, 11) is 0. The van der Waals surface area contributed by atoms with Crippen LogP contribution in [0, 0.1) is 17.2 Å². The predicted octanol–water partition coefficient (Wildman–Crippen LogP) is 3.04. The summed E-state index contributed by atoms with van der Waals surface area (Å²) in [5, 5.41) is 11.5. The fraction of sp³-hybridized carbons (Fsp3) is 0.615. The first-order valence-corrected chi connectivity index (χ1v) is 5.84. The van der Waals surface area contributed by atoms with Crippen LogP contribution in [-0.4, -0.2) is 18.5 Å². The molecule has 0 heterocycles. The molecule has 0 saturated carbocycles. The largest absolute Gasteiger partial charge is 0.293 e. The van der Waals surface area contributed by atoms with Crippen molar-refractivity contribution < 1.29 is 8.78 Å². The van der Waals surface area contributed by atoms with E-state index in [9.17, 15) is 8.78 Å². The normalized spacial score (nSPS) is 17.8. The van der Waals surface area contributed by atoms with Gasteiger partial charge in [-0.2, -0.15) is 5.26 Å². The predicted molar refractivity (Wildman–Crippen MR) is 63.6 cm³/mol. The minimum atomic E-state index is -3.00. The molecule has 0 aromatic carbocycles. The SMILES string of the molecule is CC(C)C(F)(F)C(C#N)NCC1=CC=CCC1. The maximum atomic E-state index is 13.6. The standard InChI is InChI=1S/C13H18F2N2/c1-10(2)13(14,15)12(8-16)17-9-11-6-4-3-5-7-11/h3-4,6,10,12,17H,5,7,9H2,1-2H3. The minimum Gasteiger partial charge on any atom is -0.293 e. The van der Waals surface area contributed by atoms with Crippen molar-refractivity contribution in [2.24, 2.45) is 5.92 Å². The van der Waals surface area contributed by atoms with Crippen LogP contribution in [0.5, 0.6) is 0 Å². The summed E-state index contributed by atoms with van der Waals surface area (Å²) in [6.07, 6.45) is 7.68. The molecular formula is C13H18F2N2. The lowest BCUT2D eigenvalue weighted by atomic mass is 9.98. The quantitative estimate of drug-likeness (QED) is 0.801. The molecule has 4 heteroatoms. The average Bonchev–Trinajstić information content (AvgIpc) is 2.30. The van der Waals surface area contributed by atoms with Crippen LogP contribution in [0.15, 0.2) is 23.8 Å². The topological polar surface area (TPSA) is 35.8 Å². The zero-order valence-electron chi connectivity index (χ0n) is 10.2. The Balaban J connectivity index is 2.56. The summed E-state index contributed by atoms with van der Waals surface area (Å²) in [6.45, 7) is 3.20. The summed E-state index contributed by atoms with van der Waals surface area (Å²) in [4.78, 5) is 0. The molecule has 0 spiro atoms. The molecule has 0 aromatic heterocycles. The van der Waals surface area contributed by atoms with E-state index in [4.69, 9.17) is 5.26 Å². The summed E-state index contributed by atoms with van der Waals surface area (Å²) in [5.74, 6) is -3.85. The summed E-state index contributed by atoms with van der Waals surface area (Å²) in [5.41, 5.74) is 1.06. The van der Waals surface area contributed by atoms with Crippen LogP contribution in [0.1, 0.15) is 26.7 Å². The van der Waals surface area contributed by atoms with Crippen LogP contribution in [0.3, 0.4) is 0 Å². The van der Waals surface area contributed by atoms with E-state index in [-0.39, 0.29) is 0 Å². The third-order valence-corrected chi connectivity index (χ3v) is 2.92. The van der Waals surface area contributed by atoms with E-state index in [2.05, 4.69) is 5.32 Å². The Morgan fingerprint density at radius 2 is 2.24 bits per heavy atom. The highest BCUT2D eigenvalue weighted by Gasteiger charge is 2.42. The van der Waals surface area contributed by atoms with Crippen molar-refractivity contribution >= 4 is 0 Å². The highest BCUT2D eigenvalue weighted by atomic mass is 19.3. The van der Waals surface area contributed by atoms with Crippen molar-refractivity contribution in [2.45, 2.75) is 38.7 Å². The van der Waals surface area contributed by atoms with E-state index >= 15 is 0 Å². The Bertz CT molecular complexity index is 351. The van der Waals surface area contributed by atoms with Crippen LogP contribution in [0.25, 0.3) is 0 Å². The molecule has 94 valence electrons. The highest BCUT2D eigenvalue weighted by Crippen LogP contribution is 2.28. The number of hydrogen-bond acceptors (Lipinski definition) is 2. The van der Waals surface area contributed by atoms with Gasteiger partial charge in [0.25, 0.3) is 5.92 Å². The van der Waals surface area contributed by atoms with Crippen molar-refractivity contribution in [1.82, 2.24) is 5.32 Å². The number of allylic oxidation sites excluding steroid dienone is 3. The Labute approximate surface area is 101 Å². The number of nitriles is 1. The van der Waals surface area contributed by atoms with Gasteiger partial charge in [-0.1, -0.05) is 37.6 Å². The average molecular weight is 240 g/mol. The molecule has 2 nitrogen and oxygen atoms in total. The lowest BCUT2D eigenvalue weighted by Gasteiger charge is -2.26. The molecule has 17 heavy (non-hydrogen) atoms. The maximum Gasteiger partial charge on any atom is 0.278 e. The molecule has 1 rings (SSSR count). The molecule has 1 aliphatic carbocycles. The molecule has 0 fully saturated rings. The molecule has 1 unspecified atom stereocenters. The first kappa shape index (κ1) is 13.9. The Hall–Kier alpha value is -1.21. The smallest absolute Gasteiger partial charge is 0.278 e. The van der Waals surface area contributed by atoms with Gasteiger partial charge < -0.3 is 0 Å². The molecule has 0 radical (unpaired) electrons. The van der Waals surface area contributed by atoms with E-state index in [0.717, 1.165) is 18.4 Å². The van der Waals surface area contributed by atoms with E-state index in [1.54, 1.807) is 6.07 Å². The van der Waals surface area contributed by atoms with Gasteiger partial charge in [-0.3, -0.25) is 5.32 Å². The summed E-state index contributed by atoms with van der Waals surface area (Å²) < 4.78 is 27.3. The van der Waals surface area contributed by atoms with Crippen LogP contribution >= 0.6 is 0 Å². The maximum absolute atomic E-state index is 13.6. The van der Waals surface area contributed by atoms with Crippen molar-refractivity contribution in [1.29, 1.82) is 5.26 Å². The second kappa shape index (κ2) is 5.92. The summed E-state index contributed by atoms with van der Waals surface area (Å²) >= 11 is 0. The van der Waals surface area contributed by atoms with E-state index < -0.39 is 17.9 Å². The van der Waals surface area contributed by atoms with Crippen molar-refractivity contribution in [3.05, 3.63) is 23.8 Å². The number of hydrogen-bond donors (Lipinski definition) is 1. The van der Waals surface area contributed by atoms with E-state index in [0.29, 0.717) is 6.54 Å². The van der Waals surface area contributed by atoms with Gasteiger partial charge in [0.1, 0.15) is 0 Å². The second-order valence-electron chi connectivity index (χ2n) is 4.56. The van der Waals surface area contributed by atoms with Gasteiger partial charge in [0.05, 0.1) is 6.07 Å². The van der Waals surface area contributed by atoms with Crippen LogP contribution in [0.2, 0.25) is 0 Å². The first-order chi connectivity index (χ1) is 7.98. The molecule has 0 saturated heterocycles. The molecule has 1 aliphatic rings. The monoisotopic (exact) mass is 240 g/mol. The molecular weight excluding hydrogens is 222 g/mol. The van der Waals surface area contributed by atoms with Gasteiger partial charge >= 0.3 is 0 Å². The van der Waals surface area contributed by atoms with E-state index in [1.165, 1.54) is 13.8 Å². The van der Waals surface area contributed by atoms with Crippen LogP contribution in [-0.2, 0) is 0 Å². The minimum absolute atomic E-state index is 0.352. The lowest BCUT2D eigenvalue weighted by Crippen LogP contribution is -2.47. The molecule has 1 atom stereocenters. The zero-order valence-corrected chi connectivity index (χ0v) is 10.2. The molecule has 0 aromatic rings. The third kappa shape index (κ3) is 3.64. The Kier molecular flexibility index (Phi) is 4.83. The van der Waals surface area contributed by atoms with Gasteiger partial charge in [0, 0.05) is 12.5 Å². The fourth-order valence-electron chi connectivity index (χ4n) is 1.63. The van der Waals surface area contributed by atoms with Gasteiger partial charge in [-0.15, -0.1) is 0 Å². The number of rotatable bonds is 5. The van der Waals surface area contributed by atoms with Crippen molar-refractivity contribution in [3.8, 4) is 6.07 Å². The van der Waals surface area contributed by atoms with Crippen molar-refractivity contribution in [2.75, 3.05) is 6.54 Å². The Morgan fingerprint density at radius 1 is 1.53 bits per heavy atom. The van der Waals surface area contributed by atoms with Gasteiger partial charge in [0.15, 0.2) is 6.04 Å². The van der Waals surface area contributed by atoms with E-state index in [1.807, 2.05) is 18.2 Å². The molecule has 1 N–H and O–H groups in total. The second-order valence-corrected chi connectivity index (χ2v) is 4.56. The third-order valence-electron chi connectivity index (χ3n) is 2.92. The van der Waals surface area contributed by atoms with Crippen LogP contribution < -0.4 is 5.32 Å². The number of nitrogens with one attached hydrogen (secondary N) is 1. The fourth-order valence-corrected chi connectivity index (χ4v) is 1.63. The summed E-state index contributed by atoms with van der Waals surface area (Å²) in [6, 6.07) is 0.235. The first-order valence-electron chi connectivity index (χ1n) is 5.84. The number of nitrogens with zero attached hydrogens (tertiary/aromatic N) is 1. The molecule has 0 aliphatic heterocycles. The zero-order chi connectivity index (χ0) is 12.9. The number of halogens is 2. The lowest BCUT2D eigenvalue weighted by molar-refractivity contribution is -0.0619. The van der Waals surface area contributed by atoms with Gasteiger partial charge in [-0.25, -0.2) is 8.78 Å². The Morgan fingerprint density at radius 3 is 2.71 bits per heavy atom. The van der Waals surface area contributed by atoms with Gasteiger partial charge in [0.2, 0.25) is 0 Å². The highest BCUT2D eigenvalue weighted by molar-refractivity contribution is 5.19. The number of alkyl halides is 2. The van der Waals surface area contributed by atoms with Crippen molar-refractivity contribution in [3.63, 3.8) is 0 Å². The van der Waals surface area contributed by atoms with Gasteiger partial charge in [-0.05, 0) is 12.8 Å². The molecule has 0 amide bonds. The molecule has 0 bridgehead atoms.